The maximum absolute atomic E-state index is 12.9. The molecule has 0 aliphatic carbocycles. The molecule has 1 N–H and O–H groups in total. The van der Waals surface area contributed by atoms with Gasteiger partial charge in [-0.2, -0.15) is 0 Å². The Morgan fingerprint density at radius 3 is 2.50 bits per heavy atom. The summed E-state index contributed by atoms with van der Waals surface area (Å²) in [5.41, 5.74) is 0.774. The van der Waals surface area contributed by atoms with Crippen molar-refractivity contribution in [2.24, 2.45) is 0 Å². The first kappa shape index (κ1) is 22.2. The van der Waals surface area contributed by atoms with E-state index in [9.17, 15) is 9.59 Å². The minimum Gasteiger partial charge on any atom is -0.484 e. The average Bonchev–Trinajstić information content (AvgIpc) is 2.70. The largest absolute Gasteiger partial charge is 0.484 e. The third kappa shape index (κ3) is 6.53. The van der Waals surface area contributed by atoms with Crippen molar-refractivity contribution in [2.45, 2.75) is 32.9 Å². The second kappa shape index (κ2) is 11.1. The molecule has 28 heavy (non-hydrogen) atoms. The van der Waals surface area contributed by atoms with Crippen LogP contribution in [0.4, 0.5) is 0 Å². The minimum atomic E-state index is -0.649. The molecule has 0 aliphatic rings. The van der Waals surface area contributed by atoms with Crippen molar-refractivity contribution in [3.63, 3.8) is 0 Å². The molecule has 0 aromatic heterocycles. The molecular formula is C21H24BrClN2O3. The van der Waals surface area contributed by atoms with Crippen LogP contribution >= 0.6 is 27.5 Å². The average molecular weight is 468 g/mol. The molecule has 0 heterocycles. The summed E-state index contributed by atoms with van der Waals surface area (Å²) >= 11 is 9.61. The third-order valence-electron chi connectivity index (χ3n) is 4.19. The Morgan fingerprint density at radius 1 is 1.18 bits per heavy atom. The Kier molecular flexibility index (Phi) is 8.80. The number of hydrogen-bond acceptors (Lipinski definition) is 3. The van der Waals surface area contributed by atoms with Crippen molar-refractivity contribution in [1.82, 2.24) is 10.2 Å². The zero-order valence-corrected chi connectivity index (χ0v) is 18.3. The summed E-state index contributed by atoms with van der Waals surface area (Å²) in [5, 5.41) is 3.39. The SMILES string of the molecule is CCCNC(=O)[C@H](C)N(Cc1ccccc1Cl)C(=O)COc1ccc(Br)cc1. The molecule has 2 rings (SSSR count). The molecule has 0 saturated carbocycles. The Balaban J connectivity index is 2.13. The van der Waals surface area contributed by atoms with Gasteiger partial charge in [0.1, 0.15) is 11.8 Å². The van der Waals surface area contributed by atoms with Crippen LogP contribution in [0.5, 0.6) is 5.75 Å². The summed E-state index contributed by atoms with van der Waals surface area (Å²) in [5.74, 6) is 0.0882. The van der Waals surface area contributed by atoms with Gasteiger partial charge in [0.2, 0.25) is 5.91 Å². The maximum atomic E-state index is 12.9. The lowest BCUT2D eigenvalue weighted by Crippen LogP contribution is -2.49. The van der Waals surface area contributed by atoms with Crippen molar-refractivity contribution < 1.29 is 14.3 Å². The fraction of sp³-hybridized carbons (Fsp3) is 0.333. The normalized spacial score (nSPS) is 11.6. The summed E-state index contributed by atoms with van der Waals surface area (Å²) in [7, 11) is 0. The molecule has 0 aliphatic heterocycles. The second-order valence-electron chi connectivity index (χ2n) is 6.32. The lowest BCUT2D eigenvalue weighted by molar-refractivity contribution is -0.142. The van der Waals surface area contributed by atoms with Gasteiger partial charge < -0.3 is 15.0 Å². The summed E-state index contributed by atoms with van der Waals surface area (Å²) in [6.07, 6.45) is 0.823. The van der Waals surface area contributed by atoms with Gasteiger partial charge in [0.15, 0.2) is 6.61 Å². The number of hydrogen-bond donors (Lipinski definition) is 1. The number of carbonyl (C=O) groups is 2. The Bertz CT molecular complexity index is 798. The van der Waals surface area contributed by atoms with Gasteiger partial charge in [0.05, 0.1) is 0 Å². The van der Waals surface area contributed by atoms with Gasteiger partial charge in [-0.25, -0.2) is 0 Å². The first-order valence-electron chi connectivity index (χ1n) is 9.11. The van der Waals surface area contributed by atoms with Gasteiger partial charge in [-0.3, -0.25) is 9.59 Å². The fourth-order valence-electron chi connectivity index (χ4n) is 2.55. The zero-order valence-electron chi connectivity index (χ0n) is 16.0. The lowest BCUT2D eigenvalue weighted by atomic mass is 10.1. The number of amides is 2. The minimum absolute atomic E-state index is 0.169. The molecule has 0 spiro atoms. The topological polar surface area (TPSA) is 58.6 Å². The van der Waals surface area contributed by atoms with Crippen molar-refractivity contribution in [2.75, 3.05) is 13.2 Å². The predicted octanol–water partition coefficient (Wildman–Crippen LogP) is 4.42. The van der Waals surface area contributed by atoms with Gasteiger partial charge in [-0.15, -0.1) is 0 Å². The number of benzene rings is 2. The summed E-state index contributed by atoms with van der Waals surface area (Å²) < 4.78 is 6.53. The summed E-state index contributed by atoms with van der Waals surface area (Å²) in [4.78, 5) is 26.8. The predicted molar refractivity (Wildman–Crippen MR) is 114 cm³/mol. The molecule has 2 amide bonds. The van der Waals surface area contributed by atoms with Gasteiger partial charge in [0.25, 0.3) is 5.91 Å². The highest BCUT2D eigenvalue weighted by Crippen LogP contribution is 2.20. The van der Waals surface area contributed by atoms with E-state index in [-0.39, 0.29) is 25.0 Å². The van der Waals surface area contributed by atoms with E-state index in [1.54, 1.807) is 25.1 Å². The van der Waals surface area contributed by atoms with Crippen molar-refractivity contribution in [1.29, 1.82) is 0 Å². The molecule has 5 nitrogen and oxygen atoms in total. The van der Waals surface area contributed by atoms with Gasteiger partial charge in [-0.05, 0) is 49.2 Å². The zero-order chi connectivity index (χ0) is 20.5. The summed E-state index contributed by atoms with van der Waals surface area (Å²) in [6, 6.07) is 13.8. The first-order valence-corrected chi connectivity index (χ1v) is 10.3. The standard InChI is InChI=1S/C21H24BrClN2O3/c1-3-12-24-21(27)15(2)25(13-16-6-4-5-7-19(16)23)20(26)14-28-18-10-8-17(22)9-11-18/h4-11,15H,3,12-14H2,1-2H3,(H,24,27)/t15-/m0/s1. The molecule has 150 valence electrons. The van der Waals surface area contributed by atoms with Crippen LogP contribution in [0.15, 0.2) is 53.0 Å². The molecule has 7 heteroatoms. The molecule has 0 saturated heterocycles. The Hall–Kier alpha value is -2.05. The van der Waals surface area contributed by atoms with Gasteiger partial charge in [-0.1, -0.05) is 52.7 Å². The van der Waals surface area contributed by atoms with Crippen molar-refractivity contribution in [3.8, 4) is 5.75 Å². The number of carbonyl (C=O) groups excluding carboxylic acids is 2. The highest BCUT2D eigenvalue weighted by atomic mass is 79.9. The van der Waals surface area contributed by atoms with Crippen LogP contribution in [0, 0.1) is 0 Å². The van der Waals surface area contributed by atoms with E-state index in [2.05, 4.69) is 21.2 Å². The third-order valence-corrected chi connectivity index (χ3v) is 5.09. The number of nitrogens with zero attached hydrogens (tertiary/aromatic N) is 1. The first-order chi connectivity index (χ1) is 13.4. The smallest absolute Gasteiger partial charge is 0.261 e. The van der Waals surface area contributed by atoms with E-state index in [0.29, 0.717) is 17.3 Å². The molecule has 1 atom stereocenters. The number of ether oxygens (including phenoxy) is 1. The molecule has 0 unspecified atom stereocenters. The van der Waals surface area contributed by atoms with E-state index in [4.69, 9.17) is 16.3 Å². The highest BCUT2D eigenvalue weighted by Gasteiger charge is 2.26. The van der Waals surface area contributed by atoms with Crippen molar-refractivity contribution >= 4 is 39.3 Å². The summed E-state index contributed by atoms with van der Waals surface area (Å²) in [6.45, 7) is 4.30. The number of halogens is 2. The van der Waals surface area contributed by atoms with E-state index >= 15 is 0 Å². The van der Waals surface area contributed by atoms with Crippen LogP contribution in [0.25, 0.3) is 0 Å². The Labute approximate surface area is 179 Å². The number of rotatable bonds is 9. The van der Waals surface area contributed by atoms with Crippen molar-refractivity contribution in [3.05, 3.63) is 63.6 Å². The van der Waals surface area contributed by atoms with E-state index in [1.807, 2.05) is 37.3 Å². The Morgan fingerprint density at radius 2 is 1.86 bits per heavy atom. The molecule has 0 bridgehead atoms. The fourth-order valence-corrected chi connectivity index (χ4v) is 3.01. The molecule has 0 radical (unpaired) electrons. The maximum Gasteiger partial charge on any atom is 0.261 e. The molecule has 2 aromatic carbocycles. The van der Waals surface area contributed by atoms with Crippen LogP contribution < -0.4 is 10.1 Å². The van der Waals surface area contributed by atoms with E-state index in [0.717, 1.165) is 16.5 Å². The molecular weight excluding hydrogens is 444 g/mol. The number of nitrogens with one attached hydrogen (secondary N) is 1. The van der Waals surface area contributed by atoms with Crippen LogP contribution in [-0.4, -0.2) is 35.9 Å². The van der Waals surface area contributed by atoms with Gasteiger partial charge >= 0.3 is 0 Å². The monoisotopic (exact) mass is 466 g/mol. The lowest BCUT2D eigenvalue weighted by Gasteiger charge is -2.29. The van der Waals surface area contributed by atoms with Gasteiger partial charge in [0, 0.05) is 22.6 Å². The van der Waals surface area contributed by atoms with E-state index in [1.165, 1.54) is 4.90 Å². The van der Waals surface area contributed by atoms with E-state index < -0.39 is 6.04 Å². The highest BCUT2D eigenvalue weighted by molar-refractivity contribution is 9.10. The molecule has 0 fully saturated rings. The van der Waals surface area contributed by atoms with Crippen LogP contribution in [0.3, 0.4) is 0 Å². The second-order valence-corrected chi connectivity index (χ2v) is 7.65. The molecule has 2 aromatic rings. The quantitative estimate of drug-likeness (QED) is 0.594. The van der Waals surface area contributed by atoms with Crippen LogP contribution in [0.1, 0.15) is 25.8 Å². The van der Waals surface area contributed by atoms with Crippen LogP contribution in [-0.2, 0) is 16.1 Å². The van der Waals surface area contributed by atoms with Crippen LogP contribution in [0.2, 0.25) is 5.02 Å².